The molecule has 27 heavy (non-hydrogen) atoms. The van der Waals surface area contributed by atoms with E-state index in [1.54, 1.807) is 44.2 Å². The number of amides is 1. The van der Waals surface area contributed by atoms with Crippen molar-refractivity contribution in [2.75, 3.05) is 21.3 Å². The molecule has 0 unspecified atom stereocenters. The highest BCUT2D eigenvalue weighted by Gasteiger charge is 2.47. The number of benzene rings is 1. The highest BCUT2D eigenvalue weighted by molar-refractivity contribution is 8.15. The molecule has 0 bridgehead atoms. The molecule has 0 saturated carbocycles. The van der Waals surface area contributed by atoms with E-state index < -0.39 is 12.0 Å². The van der Waals surface area contributed by atoms with E-state index in [2.05, 4.69) is 4.99 Å². The van der Waals surface area contributed by atoms with Gasteiger partial charge < -0.3 is 14.2 Å². The Balaban J connectivity index is 2.21. The van der Waals surface area contributed by atoms with E-state index in [-0.39, 0.29) is 11.2 Å². The number of allylic oxidation sites excluding steroid dienone is 1. The molecular formula is C19H22N2O5S. The van der Waals surface area contributed by atoms with Crippen molar-refractivity contribution in [3.05, 3.63) is 35.0 Å². The SMILES string of the molecule is CC[C@H]1SC2=NC(C)=C(C(=O)OC)[C@@H](c3ccc(OC)cc3OC)N2C1=O. The molecule has 1 saturated heterocycles. The second-order valence-corrected chi connectivity index (χ2v) is 7.29. The largest absolute Gasteiger partial charge is 0.497 e. The molecule has 0 radical (unpaired) electrons. The van der Waals surface area contributed by atoms with Crippen LogP contribution in [0, 0.1) is 0 Å². The third-order valence-electron chi connectivity index (χ3n) is 4.66. The molecule has 1 amide bonds. The lowest BCUT2D eigenvalue weighted by Crippen LogP contribution is -2.40. The molecule has 2 atom stereocenters. The van der Waals surface area contributed by atoms with Gasteiger partial charge >= 0.3 is 5.97 Å². The van der Waals surface area contributed by atoms with Crippen LogP contribution in [0.1, 0.15) is 31.9 Å². The standard InChI is InChI=1S/C19H22N2O5S/c1-6-14-17(22)21-16(12-8-7-11(24-3)9-13(12)25-4)15(18(23)26-5)10(2)20-19(21)27-14/h7-9,14,16H,6H2,1-5H3/t14-,16-/m1/s1. The average Bonchev–Trinajstić information content (AvgIpc) is 3.01. The Morgan fingerprint density at radius 3 is 2.59 bits per heavy atom. The molecule has 8 heteroatoms. The lowest BCUT2D eigenvalue weighted by Gasteiger charge is -2.33. The Morgan fingerprint density at radius 1 is 1.26 bits per heavy atom. The minimum Gasteiger partial charge on any atom is -0.497 e. The molecule has 144 valence electrons. The number of amidine groups is 1. The van der Waals surface area contributed by atoms with Crippen LogP contribution in [0.15, 0.2) is 34.5 Å². The highest BCUT2D eigenvalue weighted by Crippen LogP contribution is 2.46. The minimum absolute atomic E-state index is 0.0713. The summed E-state index contributed by atoms with van der Waals surface area (Å²) in [5.74, 6) is 0.552. The Bertz CT molecular complexity index is 849. The van der Waals surface area contributed by atoms with Gasteiger partial charge in [-0.25, -0.2) is 9.79 Å². The number of carbonyl (C=O) groups is 2. The topological polar surface area (TPSA) is 77.4 Å². The fourth-order valence-electron chi connectivity index (χ4n) is 3.30. The zero-order chi connectivity index (χ0) is 19.7. The maximum Gasteiger partial charge on any atom is 0.338 e. The molecule has 2 aliphatic rings. The molecular weight excluding hydrogens is 368 g/mol. The highest BCUT2D eigenvalue weighted by atomic mass is 32.2. The predicted molar refractivity (Wildman–Crippen MR) is 103 cm³/mol. The van der Waals surface area contributed by atoms with Crippen LogP contribution in [0.3, 0.4) is 0 Å². The number of thioether (sulfide) groups is 1. The van der Waals surface area contributed by atoms with Crippen LogP contribution in [-0.4, -0.2) is 48.5 Å². The number of esters is 1. The summed E-state index contributed by atoms with van der Waals surface area (Å²) in [4.78, 5) is 31.7. The van der Waals surface area contributed by atoms with E-state index in [0.717, 1.165) is 0 Å². The van der Waals surface area contributed by atoms with Crippen molar-refractivity contribution in [1.29, 1.82) is 0 Å². The third kappa shape index (κ3) is 3.18. The molecule has 3 rings (SSSR count). The van der Waals surface area contributed by atoms with E-state index in [4.69, 9.17) is 14.2 Å². The zero-order valence-corrected chi connectivity index (χ0v) is 16.8. The normalized spacial score (nSPS) is 21.7. The van der Waals surface area contributed by atoms with Crippen LogP contribution < -0.4 is 9.47 Å². The lowest BCUT2D eigenvalue weighted by atomic mass is 9.93. The molecule has 2 aliphatic heterocycles. The van der Waals surface area contributed by atoms with Crippen molar-refractivity contribution >= 4 is 28.8 Å². The van der Waals surface area contributed by atoms with E-state index >= 15 is 0 Å². The quantitative estimate of drug-likeness (QED) is 0.720. The summed E-state index contributed by atoms with van der Waals surface area (Å²) in [6, 6.07) is 4.65. The van der Waals surface area contributed by atoms with Crippen LogP contribution in [0.25, 0.3) is 0 Å². The maximum absolute atomic E-state index is 13.0. The summed E-state index contributed by atoms with van der Waals surface area (Å²) in [5, 5.41) is 0.375. The monoisotopic (exact) mass is 390 g/mol. The van der Waals surface area contributed by atoms with Gasteiger partial charge in [-0.05, 0) is 25.5 Å². The van der Waals surface area contributed by atoms with Gasteiger partial charge in [0.25, 0.3) is 0 Å². The fourth-order valence-corrected chi connectivity index (χ4v) is 4.43. The van der Waals surface area contributed by atoms with Crippen molar-refractivity contribution in [1.82, 2.24) is 4.90 Å². The summed E-state index contributed by atoms with van der Waals surface area (Å²) < 4.78 is 15.8. The van der Waals surface area contributed by atoms with Gasteiger partial charge in [0.05, 0.1) is 37.8 Å². The van der Waals surface area contributed by atoms with Crippen LogP contribution in [0.5, 0.6) is 11.5 Å². The van der Waals surface area contributed by atoms with Gasteiger partial charge in [-0.15, -0.1) is 0 Å². The number of hydrogen-bond acceptors (Lipinski definition) is 7. The van der Waals surface area contributed by atoms with Gasteiger partial charge in [-0.2, -0.15) is 0 Å². The van der Waals surface area contributed by atoms with Crippen molar-refractivity contribution in [3.63, 3.8) is 0 Å². The summed E-state index contributed by atoms with van der Waals surface area (Å²) >= 11 is 1.42. The Hall–Kier alpha value is -2.48. The van der Waals surface area contributed by atoms with Crippen molar-refractivity contribution < 1.29 is 23.8 Å². The first-order valence-electron chi connectivity index (χ1n) is 8.56. The number of fused-ring (bicyclic) bond motifs is 1. The first-order valence-corrected chi connectivity index (χ1v) is 9.44. The van der Waals surface area contributed by atoms with Crippen LogP contribution in [0.2, 0.25) is 0 Å². The zero-order valence-electron chi connectivity index (χ0n) is 15.9. The van der Waals surface area contributed by atoms with Crippen LogP contribution in [-0.2, 0) is 14.3 Å². The van der Waals surface area contributed by atoms with Crippen molar-refractivity contribution in [2.45, 2.75) is 31.6 Å². The molecule has 0 aliphatic carbocycles. The van der Waals surface area contributed by atoms with Gasteiger partial charge in [0.1, 0.15) is 17.5 Å². The number of hydrogen-bond donors (Lipinski definition) is 0. The van der Waals surface area contributed by atoms with Gasteiger partial charge in [0.2, 0.25) is 5.91 Å². The van der Waals surface area contributed by atoms with E-state index in [9.17, 15) is 9.59 Å². The van der Waals surface area contributed by atoms with Gasteiger partial charge in [0.15, 0.2) is 5.17 Å². The molecule has 0 aromatic heterocycles. The first-order chi connectivity index (χ1) is 13.0. The van der Waals surface area contributed by atoms with E-state index in [1.807, 2.05) is 6.92 Å². The summed E-state index contributed by atoms with van der Waals surface area (Å²) in [5.41, 5.74) is 1.54. The molecule has 1 fully saturated rings. The minimum atomic E-state index is -0.664. The van der Waals surface area contributed by atoms with Crippen LogP contribution >= 0.6 is 11.8 Å². The second kappa shape index (κ2) is 7.64. The van der Waals surface area contributed by atoms with E-state index in [0.29, 0.717) is 39.9 Å². The van der Waals surface area contributed by atoms with Gasteiger partial charge in [-0.1, -0.05) is 18.7 Å². The van der Waals surface area contributed by atoms with Crippen molar-refractivity contribution in [2.24, 2.45) is 4.99 Å². The molecule has 2 heterocycles. The lowest BCUT2D eigenvalue weighted by molar-refractivity contribution is -0.137. The maximum atomic E-state index is 13.0. The first kappa shape index (κ1) is 19.3. The van der Waals surface area contributed by atoms with Gasteiger partial charge in [-0.3, -0.25) is 9.69 Å². The number of methoxy groups -OCH3 is 3. The van der Waals surface area contributed by atoms with E-state index in [1.165, 1.54) is 18.9 Å². The smallest absolute Gasteiger partial charge is 0.338 e. The molecule has 1 aromatic rings. The molecule has 1 aromatic carbocycles. The Kier molecular flexibility index (Phi) is 5.46. The number of aliphatic imine (C=N–C) groups is 1. The summed E-state index contributed by atoms with van der Waals surface area (Å²) in [7, 11) is 4.43. The third-order valence-corrected chi connectivity index (χ3v) is 5.98. The second-order valence-electron chi connectivity index (χ2n) is 6.12. The molecule has 0 N–H and O–H groups in total. The number of nitrogens with zero attached hydrogens (tertiary/aromatic N) is 2. The number of rotatable bonds is 5. The van der Waals surface area contributed by atoms with Crippen molar-refractivity contribution in [3.8, 4) is 11.5 Å². The number of carbonyl (C=O) groups excluding carboxylic acids is 2. The fraction of sp³-hybridized carbons (Fsp3) is 0.421. The van der Waals surface area contributed by atoms with Crippen LogP contribution in [0.4, 0.5) is 0 Å². The molecule has 0 spiro atoms. The number of ether oxygens (including phenoxy) is 3. The summed E-state index contributed by atoms with van der Waals surface area (Å²) in [6.07, 6.45) is 0.679. The van der Waals surface area contributed by atoms with Gasteiger partial charge in [0, 0.05) is 11.6 Å². The average molecular weight is 390 g/mol. The summed E-state index contributed by atoms with van der Waals surface area (Å²) in [6.45, 7) is 3.71. The Labute approximate surface area is 162 Å². The Morgan fingerprint density at radius 2 is 2.00 bits per heavy atom. The predicted octanol–water partition coefficient (Wildman–Crippen LogP) is 2.92. The molecule has 7 nitrogen and oxygen atoms in total.